The van der Waals surface area contributed by atoms with Gasteiger partial charge >= 0.3 is 0 Å². The summed E-state index contributed by atoms with van der Waals surface area (Å²) in [5, 5.41) is 2.91. The Kier molecular flexibility index (Phi) is 6.80. The Balaban J connectivity index is 1.76. The predicted molar refractivity (Wildman–Crippen MR) is 123 cm³/mol. The summed E-state index contributed by atoms with van der Waals surface area (Å²) in [5.74, 6) is -1.35. The fraction of sp³-hybridized carbons (Fsp3) is 0.0769. The smallest absolute Gasteiger partial charge is 0.277 e. The molecule has 164 valence electrons. The molecule has 2 heterocycles. The lowest BCUT2D eigenvalue weighted by Gasteiger charge is -2.31. The maximum absolute atomic E-state index is 13.7. The van der Waals surface area contributed by atoms with E-state index in [1.54, 1.807) is 36.5 Å². The van der Waals surface area contributed by atoms with Crippen molar-refractivity contribution in [1.29, 1.82) is 0 Å². The Bertz CT molecular complexity index is 1200. The molecular formula is C26H21FN4O2. The van der Waals surface area contributed by atoms with Crippen molar-refractivity contribution in [2.75, 3.05) is 4.90 Å². The highest BCUT2D eigenvalue weighted by atomic mass is 19.1. The average Bonchev–Trinajstić information content (AvgIpc) is 2.88. The number of halogens is 1. The SMILES string of the molecule is O=C(NCc1ccccc1)[C@H](c1cccnc1)N(C(=O)c1ccccn1)c1ccc(F)cc1. The van der Waals surface area contributed by atoms with Crippen LogP contribution in [0.3, 0.4) is 0 Å². The van der Waals surface area contributed by atoms with Crippen LogP contribution in [-0.2, 0) is 11.3 Å². The molecule has 33 heavy (non-hydrogen) atoms. The van der Waals surface area contributed by atoms with Crippen molar-refractivity contribution in [3.63, 3.8) is 0 Å². The molecule has 0 radical (unpaired) electrons. The molecule has 0 saturated carbocycles. The van der Waals surface area contributed by atoms with Crippen LogP contribution >= 0.6 is 0 Å². The second-order valence-electron chi connectivity index (χ2n) is 7.26. The van der Waals surface area contributed by atoms with E-state index >= 15 is 0 Å². The van der Waals surface area contributed by atoms with Crippen LogP contribution in [-0.4, -0.2) is 21.8 Å². The lowest BCUT2D eigenvalue weighted by molar-refractivity contribution is -0.122. The van der Waals surface area contributed by atoms with E-state index in [4.69, 9.17) is 0 Å². The number of anilines is 1. The minimum absolute atomic E-state index is 0.159. The number of pyridine rings is 2. The average molecular weight is 440 g/mol. The first-order valence-corrected chi connectivity index (χ1v) is 10.4. The summed E-state index contributed by atoms with van der Waals surface area (Å²) < 4.78 is 13.7. The monoisotopic (exact) mass is 440 g/mol. The molecule has 0 unspecified atom stereocenters. The third-order valence-corrected chi connectivity index (χ3v) is 5.02. The summed E-state index contributed by atoms with van der Waals surface area (Å²) in [6.07, 6.45) is 4.63. The summed E-state index contributed by atoms with van der Waals surface area (Å²) in [6.45, 7) is 0.283. The molecule has 2 aromatic heterocycles. The van der Waals surface area contributed by atoms with Crippen LogP contribution < -0.4 is 10.2 Å². The molecule has 4 rings (SSSR count). The van der Waals surface area contributed by atoms with Gasteiger partial charge in [0.1, 0.15) is 17.6 Å². The molecule has 1 N–H and O–H groups in total. The van der Waals surface area contributed by atoms with Crippen molar-refractivity contribution < 1.29 is 14.0 Å². The van der Waals surface area contributed by atoms with Gasteiger partial charge in [0.2, 0.25) is 5.91 Å². The van der Waals surface area contributed by atoms with Gasteiger partial charge in [0, 0.05) is 36.4 Å². The number of carbonyl (C=O) groups is 2. The number of nitrogens with one attached hydrogen (secondary N) is 1. The zero-order valence-corrected chi connectivity index (χ0v) is 17.6. The van der Waals surface area contributed by atoms with Gasteiger partial charge in [-0.25, -0.2) is 4.39 Å². The summed E-state index contributed by atoms with van der Waals surface area (Å²) in [7, 11) is 0. The maximum atomic E-state index is 13.7. The van der Waals surface area contributed by atoms with Crippen molar-refractivity contribution in [2.45, 2.75) is 12.6 Å². The van der Waals surface area contributed by atoms with Crippen LogP contribution in [0.4, 0.5) is 10.1 Å². The fourth-order valence-electron chi connectivity index (χ4n) is 3.44. The number of amides is 2. The number of benzene rings is 2. The molecule has 2 amide bonds. The number of carbonyl (C=O) groups excluding carboxylic acids is 2. The Morgan fingerprint density at radius 2 is 1.64 bits per heavy atom. The van der Waals surface area contributed by atoms with Crippen molar-refractivity contribution in [3.8, 4) is 0 Å². The third-order valence-electron chi connectivity index (χ3n) is 5.02. The Labute approximate surface area is 190 Å². The van der Waals surface area contributed by atoms with E-state index < -0.39 is 23.7 Å². The third kappa shape index (κ3) is 5.27. The number of rotatable bonds is 7. The van der Waals surface area contributed by atoms with Crippen LogP contribution in [0, 0.1) is 5.82 Å². The van der Waals surface area contributed by atoms with Gasteiger partial charge in [-0.2, -0.15) is 0 Å². The summed E-state index contributed by atoms with van der Waals surface area (Å²) >= 11 is 0. The van der Waals surface area contributed by atoms with Gasteiger partial charge in [0.25, 0.3) is 5.91 Å². The molecule has 6 nitrogen and oxygen atoms in total. The minimum atomic E-state index is -1.05. The van der Waals surface area contributed by atoms with Crippen molar-refractivity contribution in [3.05, 3.63) is 126 Å². The summed E-state index contributed by atoms with van der Waals surface area (Å²) in [5.41, 5.74) is 1.94. The van der Waals surface area contributed by atoms with Gasteiger partial charge in [0.05, 0.1) is 0 Å². The van der Waals surface area contributed by atoms with Gasteiger partial charge in [-0.05, 0) is 48.0 Å². The van der Waals surface area contributed by atoms with Crippen molar-refractivity contribution in [1.82, 2.24) is 15.3 Å². The highest BCUT2D eigenvalue weighted by molar-refractivity contribution is 6.09. The molecule has 0 saturated heterocycles. The lowest BCUT2D eigenvalue weighted by Crippen LogP contribution is -2.44. The second-order valence-corrected chi connectivity index (χ2v) is 7.26. The van der Waals surface area contributed by atoms with Crippen LogP contribution in [0.1, 0.15) is 27.7 Å². The Morgan fingerprint density at radius 3 is 2.30 bits per heavy atom. The Morgan fingerprint density at radius 1 is 0.879 bits per heavy atom. The molecule has 7 heteroatoms. The quantitative estimate of drug-likeness (QED) is 0.464. The summed E-state index contributed by atoms with van der Waals surface area (Å²) in [4.78, 5) is 36.7. The largest absolute Gasteiger partial charge is 0.350 e. The van der Waals surface area contributed by atoms with Gasteiger partial charge in [-0.3, -0.25) is 24.5 Å². The van der Waals surface area contributed by atoms with Crippen LogP contribution in [0.15, 0.2) is 104 Å². The molecule has 2 aromatic carbocycles. The molecular weight excluding hydrogens is 419 g/mol. The fourth-order valence-corrected chi connectivity index (χ4v) is 3.44. The van der Waals surface area contributed by atoms with Crippen LogP contribution in [0.25, 0.3) is 0 Å². The molecule has 0 spiro atoms. The van der Waals surface area contributed by atoms with E-state index in [0.29, 0.717) is 11.3 Å². The zero-order chi connectivity index (χ0) is 23.0. The highest BCUT2D eigenvalue weighted by Gasteiger charge is 2.34. The normalized spacial score (nSPS) is 11.4. The standard InChI is InChI=1S/C26H21FN4O2/c27-21-11-13-22(14-12-21)31(26(33)23-10-4-5-16-29-23)24(20-9-6-15-28-18-20)25(32)30-17-19-7-2-1-3-8-19/h1-16,18,24H,17H2,(H,30,32)/t24-/m0/s1. The van der Waals surface area contributed by atoms with Gasteiger partial charge in [-0.15, -0.1) is 0 Å². The lowest BCUT2D eigenvalue weighted by atomic mass is 10.0. The maximum Gasteiger partial charge on any atom is 0.277 e. The predicted octanol–water partition coefficient (Wildman–Crippen LogP) is 4.32. The topological polar surface area (TPSA) is 75.2 Å². The van der Waals surface area contributed by atoms with Gasteiger partial charge in [-0.1, -0.05) is 42.5 Å². The van der Waals surface area contributed by atoms with E-state index in [-0.39, 0.29) is 12.2 Å². The first-order chi connectivity index (χ1) is 16.1. The highest BCUT2D eigenvalue weighted by Crippen LogP contribution is 2.29. The number of hydrogen-bond donors (Lipinski definition) is 1. The Hall–Kier alpha value is -4.39. The molecule has 1 atom stereocenters. The molecule has 0 bridgehead atoms. The van der Waals surface area contributed by atoms with Crippen LogP contribution in [0.5, 0.6) is 0 Å². The minimum Gasteiger partial charge on any atom is -0.350 e. The van der Waals surface area contributed by atoms with E-state index in [2.05, 4.69) is 15.3 Å². The van der Waals surface area contributed by atoms with E-state index in [1.807, 2.05) is 30.3 Å². The van der Waals surface area contributed by atoms with E-state index in [9.17, 15) is 14.0 Å². The van der Waals surface area contributed by atoms with Crippen molar-refractivity contribution in [2.24, 2.45) is 0 Å². The van der Waals surface area contributed by atoms with Gasteiger partial charge < -0.3 is 5.32 Å². The van der Waals surface area contributed by atoms with Gasteiger partial charge in [0.15, 0.2) is 0 Å². The van der Waals surface area contributed by atoms with Crippen LogP contribution in [0.2, 0.25) is 0 Å². The molecule has 0 aliphatic rings. The first kappa shape index (κ1) is 21.8. The van der Waals surface area contributed by atoms with Crippen molar-refractivity contribution >= 4 is 17.5 Å². The molecule has 0 aliphatic carbocycles. The molecule has 4 aromatic rings. The second kappa shape index (κ2) is 10.3. The summed E-state index contributed by atoms with van der Waals surface area (Å²) in [6, 6.07) is 22.2. The van der Waals surface area contributed by atoms with E-state index in [1.165, 1.54) is 41.6 Å². The molecule has 0 fully saturated rings. The number of nitrogens with zero attached hydrogens (tertiary/aromatic N) is 3. The van der Waals surface area contributed by atoms with E-state index in [0.717, 1.165) is 5.56 Å². The first-order valence-electron chi connectivity index (χ1n) is 10.4. The number of aromatic nitrogens is 2. The number of hydrogen-bond acceptors (Lipinski definition) is 4. The molecule has 0 aliphatic heterocycles. The zero-order valence-electron chi connectivity index (χ0n) is 17.6.